The van der Waals surface area contributed by atoms with Crippen molar-refractivity contribution in [3.63, 3.8) is 0 Å². The number of anilines is 1. The van der Waals surface area contributed by atoms with Crippen LogP contribution < -0.4 is 4.90 Å². The number of carboxylic acids is 1. The largest absolute Gasteiger partial charge is 0.478 e. The molecule has 5 nitrogen and oxygen atoms in total. The van der Waals surface area contributed by atoms with E-state index in [2.05, 4.69) is 11.0 Å². The van der Waals surface area contributed by atoms with Crippen LogP contribution >= 0.6 is 0 Å². The Hall–Kier alpha value is -2.06. The summed E-state index contributed by atoms with van der Waals surface area (Å²) in [6, 6.07) is 7.24. The predicted octanol–water partition coefficient (Wildman–Crippen LogP) is 2.40. The van der Waals surface area contributed by atoms with Crippen LogP contribution in [0.2, 0.25) is 0 Å². The lowest BCUT2D eigenvalue weighted by Crippen LogP contribution is -2.53. The fraction of sp³-hybridized carbons (Fsp3) is 0.500. The van der Waals surface area contributed by atoms with Crippen molar-refractivity contribution < 1.29 is 14.6 Å². The number of benzene rings is 1. The van der Waals surface area contributed by atoms with Crippen LogP contribution in [-0.4, -0.2) is 36.4 Å². The number of rotatable bonds is 2. The molecule has 0 bridgehead atoms. The molecule has 2 aliphatic rings. The Balaban J connectivity index is 1.95. The minimum Gasteiger partial charge on any atom is -0.478 e. The first kappa shape index (κ1) is 13.9. The van der Waals surface area contributed by atoms with Crippen molar-refractivity contribution in [1.29, 1.82) is 5.26 Å². The molecule has 1 aliphatic carbocycles. The highest BCUT2D eigenvalue weighted by Crippen LogP contribution is 2.33. The molecule has 1 heterocycles. The normalized spacial score (nSPS) is 25.0. The van der Waals surface area contributed by atoms with E-state index in [0.717, 1.165) is 25.1 Å². The van der Waals surface area contributed by atoms with Gasteiger partial charge in [0.25, 0.3) is 0 Å². The van der Waals surface area contributed by atoms with E-state index in [1.807, 2.05) is 0 Å². The molecule has 2 unspecified atom stereocenters. The summed E-state index contributed by atoms with van der Waals surface area (Å²) >= 11 is 0. The number of fused-ring (bicyclic) bond motifs is 1. The molecule has 3 rings (SSSR count). The van der Waals surface area contributed by atoms with Crippen LogP contribution in [0, 0.1) is 11.3 Å². The zero-order valence-corrected chi connectivity index (χ0v) is 11.8. The monoisotopic (exact) mass is 286 g/mol. The summed E-state index contributed by atoms with van der Waals surface area (Å²) in [4.78, 5) is 13.3. The van der Waals surface area contributed by atoms with Crippen LogP contribution in [0.1, 0.15) is 41.6 Å². The van der Waals surface area contributed by atoms with Gasteiger partial charge in [-0.15, -0.1) is 0 Å². The Labute approximate surface area is 123 Å². The average Bonchev–Trinajstić information content (AvgIpc) is 2.53. The van der Waals surface area contributed by atoms with Crippen molar-refractivity contribution in [3.05, 3.63) is 29.3 Å². The topological polar surface area (TPSA) is 73.6 Å². The maximum atomic E-state index is 11.0. The lowest BCUT2D eigenvalue weighted by Gasteiger charge is -2.45. The first-order chi connectivity index (χ1) is 10.2. The molecule has 0 aromatic heterocycles. The maximum absolute atomic E-state index is 11.0. The molecule has 0 spiro atoms. The Kier molecular flexibility index (Phi) is 3.80. The molecule has 1 saturated heterocycles. The van der Waals surface area contributed by atoms with Crippen LogP contribution in [0.15, 0.2) is 18.2 Å². The molecular weight excluding hydrogens is 268 g/mol. The van der Waals surface area contributed by atoms with E-state index < -0.39 is 5.97 Å². The fourth-order valence-corrected chi connectivity index (χ4v) is 3.40. The molecule has 110 valence electrons. The molecule has 1 saturated carbocycles. The molecule has 2 fully saturated rings. The highest BCUT2D eigenvalue weighted by atomic mass is 16.5. The fourth-order valence-electron chi connectivity index (χ4n) is 3.40. The molecule has 21 heavy (non-hydrogen) atoms. The number of nitrogens with zero attached hydrogens (tertiary/aromatic N) is 2. The SMILES string of the molecule is N#Cc1cc(C(=O)O)ccc1N1CCOC2CCCCC21. The molecule has 1 aliphatic heterocycles. The minimum atomic E-state index is -1.00. The van der Waals surface area contributed by atoms with Crippen LogP contribution in [0.3, 0.4) is 0 Å². The first-order valence-electron chi connectivity index (χ1n) is 7.36. The third-order valence-electron chi connectivity index (χ3n) is 4.41. The van der Waals surface area contributed by atoms with Gasteiger partial charge in [-0.2, -0.15) is 5.26 Å². The summed E-state index contributed by atoms with van der Waals surface area (Å²) in [6.07, 6.45) is 4.74. The number of hydrogen-bond donors (Lipinski definition) is 1. The van der Waals surface area contributed by atoms with Gasteiger partial charge < -0.3 is 14.7 Å². The van der Waals surface area contributed by atoms with Gasteiger partial charge in [-0.3, -0.25) is 0 Å². The van der Waals surface area contributed by atoms with Crippen molar-refractivity contribution in [2.45, 2.75) is 37.8 Å². The van der Waals surface area contributed by atoms with E-state index in [1.165, 1.54) is 18.9 Å². The Morgan fingerprint density at radius 2 is 2.19 bits per heavy atom. The second-order valence-electron chi connectivity index (χ2n) is 5.60. The van der Waals surface area contributed by atoms with Crippen LogP contribution in [0.4, 0.5) is 5.69 Å². The van der Waals surface area contributed by atoms with Gasteiger partial charge >= 0.3 is 5.97 Å². The minimum absolute atomic E-state index is 0.156. The van der Waals surface area contributed by atoms with Gasteiger partial charge in [-0.1, -0.05) is 12.8 Å². The van der Waals surface area contributed by atoms with E-state index in [-0.39, 0.29) is 11.7 Å². The van der Waals surface area contributed by atoms with Crippen molar-refractivity contribution in [1.82, 2.24) is 0 Å². The number of carboxylic acid groups (broad SMARTS) is 1. The predicted molar refractivity (Wildman–Crippen MR) is 77.5 cm³/mol. The van der Waals surface area contributed by atoms with Crippen LogP contribution in [0.25, 0.3) is 0 Å². The molecule has 0 amide bonds. The standard InChI is InChI=1S/C16H18N2O3/c17-10-12-9-11(16(19)20)5-6-13(12)18-7-8-21-15-4-2-1-3-14(15)18/h5-6,9,14-15H,1-4,7-8H2,(H,19,20). The summed E-state index contributed by atoms with van der Waals surface area (Å²) in [5, 5.41) is 18.4. The van der Waals surface area contributed by atoms with Gasteiger partial charge in [-0.25, -0.2) is 4.79 Å². The van der Waals surface area contributed by atoms with Gasteiger partial charge in [0.2, 0.25) is 0 Å². The lowest BCUT2D eigenvalue weighted by molar-refractivity contribution is -0.00869. The third kappa shape index (κ3) is 2.59. The van der Waals surface area contributed by atoms with E-state index >= 15 is 0 Å². The summed E-state index contributed by atoms with van der Waals surface area (Å²) in [5.41, 5.74) is 1.42. The quantitative estimate of drug-likeness (QED) is 0.903. The molecule has 2 atom stereocenters. The Morgan fingerprint density at radius 3 is 2.95 bits per heavy atom. The second-order valence-corrected chi connectivity index (χ2v) is 5.60. The second kappa shape index (κ2) is 5.74. The Bertz CT molecular complexity index is 592. The summed E-state index contributed by atoms with van der Waals surface area (Å²) < 4.78 is 5.85. The van der Waals surface area contributed by atoms with Crippen molar-refractivity contribution in [3.8, 4) is 6.07 Å². The molecule has 5 heteroatoms. The highest BCUT2D eigenvalue weighted by Gasteiger charge is 2.35. The smallest absolute Gasteiger partial charge is 0.335 e. The van der Waals surface area contributed by atoms with E-state index in [0.29, 0.717) is 18.2 Å². The van der Waals surface area contributed by atoms with Crippen LogP contribution in [-0.2, 0) is 4.74 Å². The zero-order chi connectivity index (χ0) is 14.8. The number of hydrogen-bond acceptors (Lipinski definition) is 4. The molecule has 1 N–H and O–H groups in total. The lowest BCUT2D eigenvalue weighted by atomic mass is 9.89. The number of aromatic carboxylic acids is 1. The molecular formula is C16H18N2O3. The van der Waals surface area contributed by atoms with Gasteiger partial charge in [-0.05, 0) is 31.0 Å². The highest BCUT2D eigenvalue weighted by molar-refractivity contribution is 5.89. The molecule has 1 aromatic carbocycles. The van der Waals surface area contributed by atoms with Gasteiger partial charge in [0.05, 0.1) is 35.6 Å². The third-order valence-corrected chi connectivity index (χ3v) is 4.41. The Morgan fingerprint density at radius 1 is 1.38 bits per heavy atom. The van der Waals surface area contributed by atoms with Crippen molar-refractivity contribution in [2.24, 2.45) is 0 Å². The number of nitriles is 1. The maximum Gasteiger partial charge on any atom is 0.335 e. The van der Waals surface area contributed by atoms with E-state index in [4.69, 9.17) is 9.84 Å². The van der Waals surface area contributed by atoms with E-state index in [9.17, 15) is 10.1 Å². The van der Waals surface area contributed by atoms with Gasteiger partial charge in [0.15, 0.2) is 0 Å². The van der Waals surface area contributed by atoms with Crippen molar-refractivity contribution >= 4 is 11.7 Å². The average molecular weight is 286 g/mol. The number of ether oxygens (including phenoxy) is 1. The summed E-state index contributed by atoms with van der Waals surface area (Å²) in [5.74, 6) is -1.00. The summed E-state index contributed by atoms with van der Waals surface area (Å²) in [7, 11) is 0. The molecule has 0 radical (unpaired) electrons. The number of carbonyl (C=O) groups is 1. The zero-order valence-electron chi connectivity index (χ0n) is 11.8. The van der Waals surface area contributed by atoms with Gasteiger partial charge in [0.1, 0.15) is 6.07 Å². The summed E-state index contributed by atoms with van der Waals surface area (Å²) in [6.45, 7) is 1.41. The first-order valence-corrected chi connectivity index (χ1v) is 7.36. The number of morpholine rings is 1. The van der Waals surface area contributed by atoms with E-state index in [1.54, 1.807) is 12.1 Å². The van der Waals surface area contributed by atoms with Gasteiger partial charge in [0, 0.05) is 6.54 Å². The molecule has 1 aromatic rings. The van der Waals surface area contributed by atoms with Crippen LogP contribution in [0.5, 0.6) is 0 Å². The van der Waals surface area contributed by atoms with Crippen molar-refractivity contribution in [2.75, 3.05) is 18.1 Å².